The third-order valence-corrected chi connectivity index (χ3v) is 5.09. The number of benzene rings is 1. The molecule has 1 saturated heterocycles. The molecule has 0 bridgehead atoms. The van der Waals surface area contributed by atoms with E-state index in [1.54, 1.807) is 6.20 Å². The Morgan fingerprint density at radius 2 is 1.93 bits per heavy atom. The van der Waals surface area contributed by atoms with E-state index in [4.69, 9.17) is 0 Å². The second-order valence-corrected chi connectivity index (χ2v) is 8.30. The molecule has 1 aliphatic heterocycles. The van der Waals surface area contributed by atoms with Crippen LogP contribution in [0.2, 0.25) is 0 Å². The van der Waals surface area contributed by atoms with Crippen molar-refractivity contribution in [1.82, 2.24) is 15.1 Å². The number of aromatic nitrogens is 2. The molecule has 0 saturated carbocycles. The van der Waals surface area contributed by atoms with Gasteiger partial charge in [-0.25, -0.2) is 0 Å². The molecule has 3 rings (SSSR count). The summed E-state index contributed by atoms with van der Waals surface area (Å²) in [4.78, 5) is 26.3. The van der Waals surface area contributed by atoms with Crippen molar-refractivity contribution in [2.45, 2.75) is 51.9 Å². The molecular weight excluding hydrogens is 340 g/mol. The number of carbonyl (C=O) groups is 2. The lowest BCUT2D eigenvalue weighted by Crippen LogP contribution is -2.39. The molecule has 1 fully saturated rings. The molecule has 1 aromatic heterocycles. The molecule has 2 amide bonds. The van der Waals surface area contributed by atoms with Gasteiger partial charge in [0.25, 0.3) is 5.91 Å². The number of amides is 2. The molecule has 27 heavy (non-hydrogen) atoms. The Kier molecular flexibility index (Phi) is 5.35. The van der Waals surface area contributed by atoms with Crippen molar-refractivity contribution in [3.8, 4) is 0 Å². The number of hydrogen-bond acceptors (Lipinski definition) is 3. The maximum Gasteiger partial charge on any atom is 0.253 e. The summed E-state index contributed by atoms with van der Waals surface area (Å²) in [6.45, 7) is 9.34. The predicted molar refractivity (Wildman–Crippen MR) is 106 cm³/mol. The number of nitrogens with one attached hydrogen (secondary N) is 2. The van der Waals surface area contributed by atoms with Gasteiger partial charge in [0, 0.05) is 31.5 Å². The Labute approximate surface area is 160 Å². The van der Waals surface area contributed by atoms with Gasteiger partial charge in [-0.15, -0.1) is 0 Å². The van der Waals surface area contributed by atoms with Gasteiger partial charge in [0.15, 0.2) is 0 Å². The highest BCUT2D eigenvalue weighted by Gasteiger charge is 2.28. The summed E-state index contributed by atoms with van der Waals surface area (Å²) in [5.41, 5.74) is 3.60. The van der Waals surface area contributed by atoms with E-state index in [0.717, 1.165) is 30.6 Å². The third kappa shape index (κ3) is 4.38. The Balaban J connectivity index is 1.73. The lowest BCUT2D eigenvalue weighted by Gasteiger charge is -2.33. The van der Waals surface area contributed by atoms with Crippen LogP contribution in [0.15, 0.2) is 30.5 Å². The fourth-order valence-electron chi connectivity index (χ4n) is 3.59. The average Bonchev–Trinajstić information content (AvgIpc) is 3.08. The lowest BCUT2D eigenvalue weighted by molar-refractivity contribution is -0.114. The molecule has 2 N–H and O–H groups in total. The summed E-state index contributed by atoms with van der Waals surface area (Å²) in [5, 5.41) is 9.88. The van der Waals surface area contributed by atoms with Crippen molar-refractivity contribution >= 4 is 17.5 Å². The highest BCUT2D eigenvalue weighted by Crippen LogP contribution is 2.31. The Bertz CT molecular complexity index is 817. The predicted octanol–water partition coefficient (Wildman–Crippen LogP) is 3.69. The monoisotopic (exact) mass is 368 g/mol. The molecule has 6 heteroatoms. The maximum absolute atomic E-state index is 13.0. The van der Waals surface area contributed by atoms with E-state index in [1.807, 2.05) is 29.2 Å². The smallest absolute Gasteiger partial charge is 0.253 e. The number of piperidine rings is 1. The van der Waals surface area contributed by atoms with E-state index in [2.05, 4.69) is 36.3 Å². The minimum Gasteiger partial charge on any atom is -0.338 e. The number of likely N-dealkylation sites (tertiary alicyclic amines) is 1. The van der Waals surface area contributed by atoms with E-state index < -0.39 is 0 Å². The minimum absolute atomic E-state index is 0.0563. The SMILES string of the molecule is CC(=O)Nc1cn[nH]c1C1CCCN(C(=O)c2ccc(C(C)(C)C)cc2)C1. The number of hydrogen-bond donors (Lipinski definition) is 2. The zero-order valence-corrected chi connectivity index (χ0v) is 16.5. The largest absolute Gasteiger partial charge is 0.338 e. The van der Waals surface area contributed by atoms with E-state index in [0.29, 0.717) is 12.2 Å². The maximum atomic E-state index is 13.0. The fraction of sp³-hybridized carbons (Fsp3) is 0.476. The summed E-state index contributed by atoms with van der Waals surface area (Å²) in [6.07, 6.45) is 3.51. The first-order chi connectivity index (χ1) is 12.8. The van der Waals surface area contributed by atoms with Crippen LogP contribution < -0.4 is 5.32 Å². The molecule has 0 radical (unpaired) electrons. The summed E-state index contributed by atoms with van der Waals surface area (Å²) >= 11 is 0. The van der Waals surface area contributed by atoms with Gasteiger partial charge in [0.05, 0.1) is 17.6 Å². The summed E-state index contributed by atoms with van der Waals surface area (Å²) in [5.74, 6) is 0.0713. The highest BCUT2D eigenvalue weighted by atomic mass is 16.2. The zero-order valence-electron chi connectivity index (χ0n) is 16.5. The van der Waals surface area contributed by atoms with Crippen LogP contribution in [0.5, 0.6) is 0 Å². The normalized spacial score (nSPS) is 17.6. The first kappa shape index (κ1) is 19.1. The number of aromatic amines is 1. The Morgan fingerprint density at radius 3 is 2.56 bits per heavy atom. The molecule has 2 heterocycles. The first-order valence-corrected chi connectivity index (χ1v) is 9.46. The van der Waals surface area contributed by atoms with E-state index in [9.17, 15) is 9.59 Å². The van der Waals surface area contributed by atoms with Crippen LogP contribution in [-0.2, 0) is 10.2 Å². The molecule has 144 valence electrons. The van der Waals surface area contributed by atoms with Gasteiger partial charge >= 0.3 is 0 Å². The van der Waals surface area contributed by atoms with Gasteiger partial charge in [-0.1, -0.05) is 32.9 Å². The second-order valence-electron chi connectivity index (χ2n) is 8.30. The Morgan fingerprint density at radius 1 is 1.22 bits per heavy atom. The standard InChI is InChI=1S/C21H28N4O2/c1-14(26)23-18-12-22-24-19(18)16-6-5-11-25(13-16)20(27)15-7-9-17(10-8-15)21(2,3)4/h7-10,12,16H,5-6,11,13H2,1-4H3,(H,22,24)(H,23,26). The molecule has 2 aromatic rings. The molecular formula is C21H28N4O2. The third-order valence-electron chi connectivity index (χ3n) is 5.09. The van der Waals surface area contributed by atoms with Crippen molar-refractivity contribution in [3.63, 3.8) is 0 Å². The summed E-state index contributed by atoms with van der Waals surface area (Å²) < 4.78 is 0. The van der Waals surface area contributed by atoms with Gasteiger partial charge < -0.3 is 10.2 Å². The van der Waals surface area contributed by atoms with Gasteiger partial charge in [-0.2, -0.15) is 5.10 Å². The van der Waals surface area contributed by atoms with Crippen molar-refractivity contribution in [2.24, 2.45) is 0 Å². The van der Waals surface area contributed by atoms with E-state index >= 15 is 0 Å². The number of rotatable bonds is 3. The van der Waals surface area contributed by atoms with Crippen LogP contribution in [0.25, 0.3) is 0 Å². The number of carbonyl (C=O) groups excluding carboxylic acids is 2. The van der Waals surface area contributed by atoms with Crippen molar-refractivity contribution in [1.29, 1.82) is 0 Å². The van der Waals surface area contributed by atoms with Crippen LogP contribution in [0.3, 0.4) is 0 Å². The quantitative estimate of drug-likeness (QED) is 0.867. The van der Waals surface area contributed by atoms with Crippen LogP contribution in [0.4, 0.5) is 5.69 Å². The number of anilines is 1. The lowest BCUT2D eigenvalue weighted by atomic mass is 9.86. The van der Waals surface area contributed by atoms with Crippen LogP contribution >= 0.6 is 0 Å². The second kappa shape index (κ2) is 7.55. The van der Waals surface area contributed by atoms with Crippen LogP contribution in [0, 0.1) is 0 Å². The van der Waals surface area contributed by atoms with Crippen molar-refractivity contribution in [3.05, 3.63) is 47.3 Å². The van der Waals surface area contributed by atoms with Crippen molar-refractivity contribution < 1.29 is 9.59 Å². The molecule has 1 atom stereocenters. The summed E-state index contributed by atoms with van der Waals surface area (Å²) in [6, 6.07) is 7.92. The average molecular weight is 368 g/mol. The van der Waals surface area contributed by atoms with Crippen molar-refractivity contribution in [2.75, 3.05) is 18.4 Å². The fourth-order valence-corrected chi connectivity index (χ4v) is 3.59. The topological polar surface area (TPSA) is 78.1 Å². The van der Waals surface area contributed by atoms with Gasteiger partial charge in [0.2, 0.25) is 5.91 Å². The Hall–Kier alpha value is -2.63. The van der Waals surface area contributed by atoms with Crippen LogP contribution in [0.1, 0.15) is 68.1 Å². The molecule has 1 aromatic carbocycles. The molecule has 1 unspecified atom stereocenters. The minimum atomic E-state index is -0.125. The van der Waals surface area contributed by atoms with E-state index in [1.165, 1.54) is 12.5 Å². The summed E-state index contributed by atoms with van der Waals surface area (Å²) in [7, 11) is 0. The van der Waals surface area contributed by atoms with Gasteiger partial charge in [-0.05, 0) is 36.0 Å². The van der Waals surface area contributed by atoms with Gasteiger partial charge in [0.1, 0.15) is 0 Å². The molecule has 6 nitrogen and oxygen atoms in total. The van der Waals surface area contributed by atoms with Gasteiger partial charge in [-0.3, -0.25) is 14.7 Å². The first-order valence-electron chi connectivity index (χ1n) is 9.46. The molecule has 0 aliphatic carbocycles. The molecule has 0 spiro atoms. The molecule has 1 aliphatic rings. The number of nitrogens with zero attached hydrogens (tertiary/aromatic N) is 2. The number of H-pyrrole nitrogens is 1. The van der Waals surface area contributed by atoms with Crippen LogP contribution in [-0.4, -0.2) is 40.0 Å². The van der Waals surface area contributed by atoms with E-state index in [-0.39, 0.29) is 23.1 Å². The zero-order chi connectivity index (χ0) is 19.6. The highest BCUT2D eigenvalue weighted by molar-refractivity contribution is 5.94.